The molecule has 0 radical (unpaired) electrons. The van der Waals surface area contributed by atoms with E-state index in [9.17, 15) is 0 Å². The van der Waals surface area contributed by atoms with E-state index in [0.29, 0.717) is 5.92 Å². The van der Waals surface area contributed by atoms with Gasteiger partial charge in [-0.05, 0) is 55.2 Å². The van der Waals surface area contributed by atoms with Gasteiger partial charge in [-0.2, -0.15) is 11.8 Å². The van der Waals surface area contributed by atoms with Crippen molar-refractivity contribution in [2.75, 3.05) is 18.1 Å². The minimum Gasteiger partial charge on any atom is -0.464 e. The summed E-state index contributed by atoms with van der Waals surface area (Å²) < 4.78 is 12.1. The molecular formula is C16H26N2O2S. The summed E-state index contributed by atoms with van der Waals surface area (Å²) in [5.41, 5.74) is 3.08. The third kappa shape index (κ3) is 3.31. The Hall–Kier alpha value is -0.490. The molecule has 1 aromatic rings. The zero-order chi connectivity index (χ0) is 14.7. The summed E-state index contributed by atoms with van der Waals surface area (Å²) in [6.07, 6.45) is 5.40. The van der Waals surface area contributed by atoms with E-state index < -0.39 is 0 Å². The molecule has 2 aliphatic heterocycles. The van der Waals surface area contributed by atoms with Crippen molar-refractivity contribution in [1.29, 1.82) is 0 Å². The third-order valence-corrected chi connectivity index (χ3v) is 5.91. The Kier molecular flexibility index (Phi) is 4.94. The van der Waals surface area contributed by atoms with E-state index in [2.05, 4.69) is 24.5 Å². The number of hydrazine groups is 1. The Morgan fingerprint density at radius 1 is 1.43 bits per heavy atom. The Labute approximate surface area is 131 Å². The fourth-order valence-corrected chi connectivity index (χ4v) is 4.88. The number of hydrogen-bond donors (Lipinski definition) is 2. The van der Waals surface area contributed by atoms with Crippen LogP contribution in [0.2, 0.25) is 0 Å². The summed E-state index contributed by atoms with van der Waals surface area (Å²) in [4.78, 5) is 0. The number of ether oxygens (including phenoxy) is 1. The van der Waals surface area contributed by atoms with Crippen molar-refractivity contribution in [2.45, 2.75) is 50.7 Å². The van der Waals surface area contributed by atoms with Crippen LogP contribution in [-0.4, -0.2) is 23.7 Å². The third-order valence-electron chi connectivity index (χ3n) is 4.92. The molecule has 0 bridgehead atoms. The zero-order valence-electron chi connectivity index (χ0n) is 12.8. The van der Waals surface area contributed by atoms with E-state index in [0.717, 1.165) is 37.4 Å². The molecule has 0 amide bonds. The lowest BCUT2D eigenvalue weighted by atomic mass is 9.78. The summed E-state index contributed by atoms with van der Waals surface area (Å²) in [6.45, 7) is 2.95. The number of aryl methyl sites for hydroxylation is 1. The van der Waals surface area contributed by atoms with Gasteiger partial charge in [-0.15, -0.1) is 0 Å². The van der Waals surface area contributed by atoms with Gasteiger partial charge in [0.05, 0.1) is 11.6 Å². The van der Waals surface area contributed by atoms with Crippen molar-refractivity contribution < 1.29 is 9.15 Å². The van der Waals surface area contributed by atoms with Gasteiger partial charge in [0.15, 0.2) is 0 Å². The highest BCUT2D eigenvalue weighted by Crippen LogP contribution is 2.43. The second-order valence-electron chi connectivity index (χ2n) is 6.20. The smallest absolute Gasteiger partial charge is 0.122 e. The molecule has 4 nitrogen and oxygen atoms in total. The number of nitrogens with one attached hydrogen (secondary N) is 1. The molecule has 2 atom stereocenters. The highest BCUT2D eigenvalue weighted by molar-refractivity contribution is 7.99. The van der Waals surface area contributed by atoms with Crippen molar-refractivity contribution in [3.63, 3.8) is 0 Å². The lowest BCUT2D eigenvalue weighted by Gasteiger charge is -2.44. The van der Waals surface area contributed by atoms with Gasteiger partial charge < -0.3 is 9.15 Å². The molecule has 0 aromatic carbocycles. The second kappa shape index (κ2) is 6.73. The molecule has 3 N–H and O–H groups in total. The maximum absolute atomic E-state index is 6.18. The predicted octanol–water partition coefficient (Wildman–Crippen LogP) is 3.04. The van der Waals surface area contributed by atoms with Gasteiger partial charge >= 0.3 is 0 Å². The summed E-state index contributed by atoms with van der Waals surface area (Å²) in [6, 6.07) is 4.23. The Bertz CT molecular complexity index is 451. The van der Waals surface area contributed by atoms with E-state index in [1.165, 1.54) is 24.3 Å². The molecule has 2 fully saturated rings. The fraction of sp³-hybridized carbons (Fsp3) is 0.750. The second-order valence-corrected chi connectivity index (χ2v) is 7.42. The molecular weight excluding hydrogens is 284 g/mol. The standard InChI is InChI=1S/C16H26N2O2S/c1-2-13-3-4-14(20-13)15(18-17)12-5-8-19-16(11-12)6-9-21-10-7-16/h3-4,12,15,18H,2,5-11,17H2,1H3. The van der Waals surface area contributed by atoms with E-state index in [4.69, 9.17) is 15.0 Å². The van der Waals surface area contributed by atoms with Gasteiger partial charge in [0, 0.05) is 13.0 Å². The largest absolute Gasteiger partial charge is 0.464 e. The van der Waals surface area contributed by atoms with Crippen LogP contribution in [0.15, 0.2) is 16.5 Å². The number of nitrogens with two attached hydrogens (primary N) is 1. The van der Waals surface area contributed by atoms with Gasteiger partial charge in [0.1, 0.15) is 11.5 Å². The van der Waals surface area contributed by atoms with Crippen molar-refractivity contribution >= 4 is 11.8 Å². The fourth-order valence-electron chi connectivity index (χ4n) is 3.64. The quantitative estimate of drug-likeness (QED) is 0.661. The normalized spacial score (nSPS) is 26.9. The number of hydrogen-bond acceptors (Lipinski definition) is 5. The van der Waals surface area contributed by atoms with E-state index in [1.807, 2.05) is 11.8 Å². The van der Waals surface area contributed by atoms with Crippen molar-refractivity contribution in [3.05, 3.63) is 23.7 Å². The van der Waals surface area contributed by atoms with Crippen LogP contribution in [0.1, 0.15) is 50.2 Å². The predicted molar refractivity (Wildman–Crippen MR) is 86.1 cm³/mol. The summed E-state index contributed by atoms with van der Waals surface area (Å²) in [7, 11) is 0. The molecule has 2 unspecified atom stereocenters. The first-order valence-corrected chi connectivity index (χ1v) is 9.18. The molecule has 5 heteroatoms. The van der Waals surface area contributed by atoms with Crippen LogP contribution >= 0.6 is 11.8 Å². The highest BCUT2D eigenvalue weighted by atomic mass is 32.2. The molecule has 2 saturated heterocycles. The van der Waals surface area contributed by atoms with Crippen LogP contribution in [0.3, 0.4) is 0 Å². The topological polar surface area (TPSA) is 60.4 Å². The van der Waals surface area contributed by atoms with Crippen LogP contribution in [0, 0.1) is 5.92 Å². The Morgan fingerprint density at radius 3 is 2.90 bits per heavy atom. The molecule has 2 aliphatic rings. The summed E-state index contributed by atoms with van der Waals surface area (Å²) in [5, 5.41) is 0. The van der Waals surface area contributed by atoms with Crippen molar-refractivity contribution in [2.24, 2.45) is 11.8 Å². The molecule has 0 saturated carbocycles. The maximum Gasteiger partial charge on any atom is 0.122 e. The number of rotatable bonds is 4. The minimum absolute atomic E-state index is 0.0868. The minimum atomic E-state index is 0.0868. The van der Waals surface area contributed by atoms with Gasteiger partial charge in [-0.1, -0.05) is 6.92 Å². The van der Waals surface area contributed by atoms with Crippen LogP contribution in [0.4, 0.5) is 0 Å². The van der Waals surface area contributed by atoms with Crippen LogP contribution < -0.4 is 11.3 Å². The first kappa shape index (κ1) is 15.4. The van der Waals surface area contributed by atoms with Crippen LogP contribution in [-0.2, 0) is 11.2 Å². The van der Waals surface area contributed by atoms with Crippen LogP contribution in [0.25, 0.3) is 0 Å². The van der Waals surface area contributed by atoms with E-state index >= 15 is 0 Å². The Morgan fingerprint density at radius 2 is 2.24 bits per heavy atom. The van der Waals surface area contributed by atoms with Gasteiger partial charge in [-0.3, -0.25) is 5.84 Å². The van der Waals surface area contributed by atoms with Crippen molar-refractivity contribution in [1.82, 2.24) is 5.43 Å². The van der Waals surface area contributed by atoms with Gasteiger partial charge in [0.2, 0.25) is 0 Å². The lowest BCUT2D eigenvalue weighted by molar-refractivity contribution is -0.108. The monoisotopic (exact) mass is 310 g/mol. The molecule has 0 aliphatic carbocycles. The highest BCUT2D eigenvalue weighted by Gasteiger charge is 2.41. The van der Waals surface area contributed by atoms with Gasteiger partial charge in [0.25, 0.3) is 0 Å². The summed E-state index contributed by atoms with van der Waals surface area (Å²) in [5.74, 6) is 10.8. The molecule has 1 spiro atoms. The average molecular weight is 310 g/mol. The molecule has 1 aromatic heterocycles. The van der Waals surface area contributed by atoms with E-state index in [1.54, 1.807) is 0 Å². The average Bonchev–Trinajstić information content (AvgIpc) is 2.98. The summed E-state index contributed by atoms with van der Waals surface area (Å²) >= 11 is 2.04. The zero-order valence-corrected chi connectivity index (χ0v) is 13.6. The molecule has 118 valence electrons. The number of furan rings is 1. The van der Waals surface area contributed by atoms with Crippen LogP contribution in [0.5, 0.6) is 0 Å². The van der Waals surface area contributed by atoms with E-state index in [-0.39, 0.29) is 11.6 Å². The SMILES string of the molecule is CCc1ccc(C(NN)C2CCOC3(CCSCC3)C2)o1. The first-order chi connectivity index (χ1) is 10.3. The first-order valence-electron chi connectivity index (χ1n) is 8.03. The Balaban J connectivity index is 1.73. The van der Waals surface area contributed by atoms with Gasteiger partial charge in [-0.25, -0.2) is 5.43 Å². The number of thioether (sulfide) groups is 1. The lowest BCUT2D eigenvalue weighted by Crippen LogP contribution is -2.46. The molecule has 3 rings (SSSR count). The molecule has 3 heterocycles. The molecule has 21 heavy (non-hydrogen) atoms. The maximum atomic E-state index is 6.18. The van der Waals surface area contributed by atoms with Crippen molar-refractivity contribution in [3.8, 4) is 0 Å².